The maximum Gasteiger partial charge on any atom is 0.133 e. The predicted molar refractivity (Wildman–Crippen MR) is 112 cm³/mol. The van der Waals surface area contributed by atoms with Gasteiger partial charge in [-0.3, -0.25) is 9.58 Å². The predicted octanol–water partition coefficient (Wildman–Crippen LogP) is 3.68. The van der Waals surface area contributed by atoms with Gasteiger partial charge in [-0.1, -0.05) is 0 Å². The summed E-state index contributed by atoms with van der Waals surface area (Å²) in [7, 11) is 1.56. The molecule has 0 spiro atoms. The topological polar surface area (TPSA) is 47.4 Å². The average Bonchev–Trinajstić information content (AvgIpc) is 3.32. The van der Waals surface area contributed by atoms with Gasteiger partial charge in [0.15, 0.2) is 0 Å². The monoisotopic (exact) mass is 441 g/mol. The molecule has 0 amide bonds. The summed E-state index contributed by atoms with van der Waals surface area (Å²) < 4.78 is 49.7. The summed E-state index contributed by atoms with van der Waals surface area (Å²) in [6, 6.07) is 7.85. The summed E-state index contributed by atoms with van der Waals surface area (Å²) in [6.45, 7) is 1.47. The molecule has 1 aromatic heterocycles. The number of halogens is 3. The highest BCUT2D eigenvalue weighted by molar-refractivity contribution is 5.65. The van der Waals surface area contributed by atoms with Crippen LogP contribution in [0.1, 0.15) is 28.4 Å². The third-order valence-corrected chi connectivity index (χ3v) is 6.45. The third-order valence-electron chi connectivity index (χ3n) is 6.45. The molecule has 2 aliphatic rings. The van der Waals surface area contributed by atoms with Crippen LogP contribution in [-0.2, 0) is 28.9 Å². The van der Waals surface area contributed by atoms with Gasteiger partial charge in [-0.15, -0.1) is 0 Å². The first-order valence-corrected chi connectivity index (χ1v) is 10.5. The second-order valence-electron chi connectivity index (χ2n) is 8.26. The maximum atomic E-state index is 14.5. The quantitative estimate of drug-likeness (QED) is 0.567. The normalized spacial score (nSPS) is 20.2. The standard InChI is InChI=1S/C24H22F3N3O2/c1-32-22-12-17-18(10-16(26)11-20(17)27)24(22)30-21-6-7-29(8-9-31)13-19(21)23(28-30)14-2-4-15(25)5-3-14/h2-5,9-11,22,24H,6-8,12-13H2,1H3/t22-,24-/m1/s1. The molecule has 0 bridgehead atoms. The summed E-state index contributed by atoms with van der Waals surface area (Å²) in [5.74, 6) is -1.57. The van der Waals surface area contributed by atoms with Crippen molar-refractivity contribution in [2.45, 2.75) is 31.5 Å². The lowest BCUT2D eigenvalue weighted by Crippen LogP contribution is -2.34. The molecule has 5 rings (SSSR count). The van der Waals surface area contributed by atoms with Gasteiger partial charge in [0, 0.05) is 55.9 Å². The van der Waals surface area contributed by atoms with Crippen LogP contribution in [0.25, 0.3) is 11.3 Å². The SMILES string of the molecule is CO[C@@H]1Cc2c(F)cc(F)cc2[C@H]1n1nc(-c2ccc(F)cc2)c2c1CCN(CC=O)C2. The molecular formula is C24H22F3N3O2. The molecular weight excluding hydrogens is 419 g/mol. The molecule has 0 unspecified atom stereocenters. The fourth-order valence-electron chi connectivity index (χ4n) is 4.95. The van der Waals surface area contributed by atoms with Crippen LogP contribution in [0.5, 0.6) is 0 Å². The van der Waals surface area contributed by atoms with Crippen molar-refractivity contribution < 1.29 is 22.7 Å². The Balaban J connectivity index is 1.68. The van der Waals surface area contributed by atoms with Crippen molar-refractivity contribution in [3.05, 3.63) is 76.2 Å². The number of carbonyl (C=O) groups excluding carboxylic acids is 1. The smallest absolute Gasteiger partial charge is 0.133 e. The van der Waals surface area contributed by atoms with Gasteiger partial charge in [0.05, 0.1) is 18.3 Å². The first-order chi connectivity index (χ1) is 15.5. The van der Waals surface area contributed by atoms with E-state index in [1.165, 1.54) is 18.2 Å². The van der Waals surface area contributed by atoms with Crippen LogP contribution < -0.4 is 0 Å². The molecule has 0 fully saturated rings. The van der Waals surface area contributed by atoms with Gasteiger partial charge in [0.25, 0.3) is 0 Å². The second-order valence-corrected chi connectivity index (χ2v) is 8.26. The zero-order valence-corrected chi connectivity index (χ0v) is 17.5. The van der Waals surface area contributed by atoms with Gasteiger partial charge < -0.3 is 9.53 Å². The van der Waals surface area contributed by atoms with Crippen molar-refractivity contribution in [2.24, 2.45) is 0 Å². The van der Waals surface area contributed by atoms with E-state index in [0.717, 1.165) is 29.2 Å². The molecule has 0 saturated carbocycles. The summed E-state index contributed by atoms with van der Waals surface area (Å²) >= 11 is 0. The van der Waals surface area contributed by atoms with Crippen molar-refractivity contribution >= 4 is 6.29 Å². The molecule has 5 nitrogen and oxygen atoms in total. The Morgan fingerprint density at radius 3 is 2.62 bits per heavy atom. The van der Waals surface area contributed by atoms with Crippen molar-refractivity contribution in [3.8, 4) is 11.3 Å². The summed E-state index contributed by atoms with van der Waals surface area (Å²) in [6.07, 6.45) is 1.41. The highest BCUT2D eigenvalue weighted by Gasteiger charge is 2.40. The van der Waals surface area contributed by atoms with Gasteiger partial charge in [-0.25, -0.2) is 13.2 Å². The molecule has 0 saturated heterocycles. The van der Waals surface area contributed by atoms with Crippen LogP contribution in [0.2, 0.25) is 0 Å². The van der Waals surface area contributed by atoms with Crippen molar-refractivity contribution in [3.63, 3.8) is 0 Å². The summed E-state index contributed by atoms with van der Waals surface area (Å²) in [5, 5.41) is 4.88. The molecule has 0 radical (unpaired) electrons. The highest BCUT2D eigenvalue weighted by Crippen LogP contribution is 2.41. The Kier molecular flexibility index (Phi) is 5.35. The lowest BCUT2D eigenvalue weighted by atomic mass is 10.00. The molecule has 32 heavy (non-hydrogen) atoms. The van der Waals surface area contributed by atoms with Crippen molar-refractivity contribution in [2.75, 3.05) is 20.2 Å². The molecule has 2 aromatic carbocycles. The fraction of sp³-hybridized carbons (Fsp3) is 0.333. The van der Waals surface area contributed by atoms with Gasteiger partial charge in [-0.05, 0) is 41.5 Å². The number of hydrogen-bond acceptors (Lipinski definition) is 4. The van der Waals surface area contributed by atoms with Crippen LogP contribution in [0, 0.1) is 17.5 Å². The Bertz CT molecular complexity index is 1180. The molecule has 3 aromatic rings. The zero-order chi connectivity index (χ0) is 22.4. The number of methoxy groups -OCH3 is 1. The average molecular weight is 441 g/mol. The van der Waals surface area contributed by atoms with Crippen LogP contribution in [0.3, 0.4) is 0 Å². The van der Waals surface area contributed by atoms with E-state index in [-0.39, 0.29) is 5.82 Å². The highest BCUT2D eigenvalue weighted by atomic mass is 19.1. The molecule has 166 valence electrons. The lowest BCUT2D eigenvalue weighted by molar-refractivity contribution is -0.109. The van der Waals surface area contributed by atoms with Crippen LogP contribution >= 0.6 is 0 Å². The number of aldehydes is 1. The van der Waals surface area contributed by atoms with E-state index in [4.69, 9.17) is 9.84 Å². The van der Waals surface area contributed by atoms with E-state index in [1.54, 1.807) is 19.2 Å². The summed E-state index contributed by atoms with van der Waals surface area (Å²) in [5.41, 5.74) is 4.26. The molecule has 0 N–H and O–H groups in total. The van der Waals surface area contributed by atoms with E-state index >= 15 is 0 Å². The number of fused-ring (bicyclic) bond motifs is 2. The second kappa shape index (κ2) is 8.18. The number of rotatable bonds is 5. The number of carbonyl (C=O) groups is 1. The van der Waals surface area contributed by atoms with E-state index in [2.05, 4.69) is 0 Å². The van der Waals surface area contributed by atoms with Crippen LogP contribution in [0.4, 0.5) is 13.2 Å². The zero-order valence-electron chi connectivity index (χ0n) is 17.5. The molecule has 8 heteroatoms. The van der Waals surface area contributed by atoms with Gasteiger partial charge in [-0.2, -0.15) is 5.10 Å². The van der Waals surface area contributed by atoms with E-state index in [1.807, 2.05) is 9.58 Å². The van der Waals surface area contributed by atoms with E-state index < -0.39 is 23.8 Å². The number of aromatic nitrogens is 2. The van der Waals surface area contributed by atoms with E-state index in [0.29, 0.717) is 49.3 Å². The van der Waals surface area contributed by atoms with Gasteiger partial charge in [0.1, 0.15) is 29.8 Å². The molecule has 2 heterocycles. The molecule has 1 aliphatic heterocycles. The molecule has 1 aliphatic carbocycles. The van der Waals surface area contributed by atoms with Crippen LogP contribution in [-0.4, -0.2) is 47.3 Å². The minimum absolute atomic E-state index is 0.302. The Hall–Kier alpha value is -2.97. The minimum Gasteiger partial charge on any atom is -0.379 e. The first-order valence-electron chi connectivity index (χ1n) is 10.5. The van der Waals surface area contributed by atoms with Gasteiger partial charge in [0.2, 0.25) is 0 Å². The number of ether oxygens (including phenoxy) is 1. The van der Waals surface area contributed by atoms with E-state index in [9.17, 15) is 18.0 Å². The van der Waals surface area contributed by atoms with Crippen LogP contribution in [0.15, 0.2) is 36.4 Å². The largest absolute Gasteiger partial charge is 0.379 e. The van der Waals surface area contributed by atoms with Crippen molar-refractivity contribution in [1.29, 1.82) is 0 Å². The maximum absolute atomic E-state index is 14.5. The third kappa shape index (κ3) is 3.43. The number of hydrogen-bond donors (Lipinski definition) is 0. The number of benzene rings is 2. The fourth-order valence-corrected chi connectivity index (χ4v) is 4.95. The van der Waals surface area contributed by atoms with Gasteiger partial charge >= 0.3 is 0 Å². The lowest BCUT2D eigenvalue weighted by Gasteiger charge is -2.28. The Labute approximate surface area is 183 Å². The Morgan fingerprint density at radius 1 is 1.12 bits per heavy atom. The molecule has 2 atom stereocenters. The Morgan fingerprint density at radius 2 is 1.91 bits per heavy atom. The first kappa shape index (κ1) is 20.9. The minimum atomic E-state index is -0.639. The summed E-state index contributed by atoms with van der Waals surface area (Å²) in [4.78, 5) is 13.1. The van der Waals surface area contributed by atoms with Crippen molar-refractivity contribution in [1.82, 2.24) is 14.7 Å². The number of nitrogens with zero attached hydrogens (tertiary/aromatic N) is 3.